The first-order valence-electron chi connectivity index (χ1n) is 11.8. The van der Waals surface area contributed by atoms with Crippen molar-refractivity contribution in [2.24, 2.45) is 0 Å². The summed E-state index contributed by atoms with van der Waals surface area (Å²) in [6.07, 6.45) is 1.16. The van der Waals surface area contributed by atoms with E-state index in [1.54, 1.807) is 20.1 Å². The van der Waals surface area contributed by atoms with Crippen molar-refractivity contribution in [3.63, 3.8) is 0 Å². The van der Waals surface area contributed by atoms with Gasteiger partial charge in [-0.2, -0.15) is 0 Å². The van der Waals surface area contributed by atoms with Gasteiger partial charge in [0.15, 0.2) is 11.4 Å². The van der Waals surface area contributed by atoms with E-state index in [1.807, 2.05) is 32.0 Å². The summed E-state index contributed by atoms with van der Waals surface area (Å²) in [7, 11) is 1.55. The van der Waals surface area contributed by atoms with Crippen molar-refractivity contribution in [1.29, 1.82) is 0 Å². The molecule has 0 radical (unpaired) electrons. The maximum absolute atomic E-state index is 14.1. The Morgan fingerprint density at radius 2 is 1.81 bits per heavy atom. The molecule has 37 heavy (non-hydrogen) atoms. The van der Waals surface area contributed by atoms with Crippen molar-refractivity contribution in [2.45, 2.75) is 40.0 Å². The SMILES string of the molecule is CCC(F)(F)c1cccc(NC(=O)c2c(C)[nH]c(-c3cc(-c4c(C)cccc4C)c(OC)cn3)[n+]2[O-])c1. The van der Waals surface area contributed by atoms with Gasteiger partial charge in [0.05, 0.1) is 13.3 Å². The summed E-state index contributed by atoms with van der Waals surface area (Å²) in [5, 5.41) is 15.8. The van der Waals surface area contributed by atoms with Crippen LogP contribution in [0.15, 0.2) is 54.7 Å². The van der Waals surface area contributed by atoms with Crippen LogP contribution in [-0.4, -0.2) is 23.0 Å². The van der Waals surface area contributed by atoms with E-state index in [2.05, 4.69) is 15.3 Å². The zero-order valence-corrected chi connectivity index (χ0v) is 21.3. The maximum Gasteiger partial charge on any atom is 0.309 e. The summed E-state index contributed by atoms with van der Waals surface area (Å²) in [6, 6.07) is 13.1. The number of anilines is 1. The summed E-state index contributed by atoms with van der Waals surface area (Å²) < 4.78 is 34.2. The minimum absolute atomic E-state index is 0.0732. The van der Waals surface area contributed by atoms with Crippen LogP contribution in [0.1, 0.15) is 46.2 Å². The van der Waals surface area contributed by atoms with E-state index in [0.29, 0.717) is 21.9 Å². The van der Waals surface area contributed by atoms with Gasteiger partial charge in [-0.15, -0.1) is 0 Å². The maximum atomic E-state index is 14.1. The minimum atomic E-state index is -3.02. The molecule has 9 heteroatoms. The second-order valence-corrected chi connectivity index (χ2v) is 8.87. The number of carbonyl (C=O) groups is 1. The Hall–Kier alpha value is -4.27. The molecule has 1 amide bonds. The van der Waals surface area contributed by atoms with Crippen molar-refractivity contribution < 1.29 is 23.0 Å². The first kappa shape index (κ1) is 25.8. The van der Waals surface area contributed by atoms with Gasteiger partial charge in [0.2, 0.25) is 5.69 Å². The number of halogens is 2. The van der Waals surface area contributed by atoms with E-state index >= 15 is 0 Å². The highest BCUT2D eigenvalue weighted by atomic mass is 19.3. The first-order valence-corrected chi connectivity index (χ1v) is 11.8. The number of benzene rings is 2. The molecule has 0 bridgehead atoms. The molecule has 2 heterocycles. The van der Waals surface area contributed by atoms with Gasteiger partial charge >= 0.3 is 5.82 Å². The summed E-state index contributed by atoms with van der Waals surface area (Å²) >= 11 is 0. The molecule has 0 aliphatic rings. The van der Waals surface area contributed by atoms with Gasteiger partial charge in [0, 0.05) is 30.2 Å². The van der Waals surface area contributed by atoms with E-state index in [4.69, 9.17) is 4.74 Å². The molecule has 0 aliphatic carbocycles. The molecule has 0 fully saturated rings. The molecule has 2 aromatic heterocycles. The molecule has 0 aliphatic heterocycles. The fraction of sp³-hybridized carbons (Fsp3) is 0.250. The van der Waals surface area contributed by atoms with Gasteiger partial charge in [-0.25, -0.2) is 23.5 Å². The summed E-state index contributed by atoms with van der Waals surface area (Å²) in [4.78, 5) is 20.4. The van der Waals surface area contributed by atoms with Crippen LogP contribution < -0.4 is 14.8 Å². The number of hydrogen-bond acceptors (Lipinski definition) is 4. The Morgan fingerprint density at radius 1 is 1.14 bits per heavy atom. The lowest BCUT2D eigenvalue weighted by Gasteiger charge is -2.15. The number of pyridine rings is 1. The molecule has 0 atom stereocenters. The largest absolute Gasteiger partial charge is 0.710 e. The third-order valence-electron chi connectivity index (χ3n) is 6.35. The fourth-order valence-electron chi connectivity index (χ4n) is 4.37. The lowest BCUT2D eigenvalue weighted by atomic mass is 9.95. The predicted molar refractivity (Wildman–Crippen MR) is 138 cm³/mol. The highest BCUT2D eigenvalue weighted by Crippen LogP contribution is 2.36. The lowest BCUT2D eigenvalue weighted by molar-refractivity contribution is -0.594. The van der Waals surface area contributed by atoms with E-state index < -0.39 is 11.8 Å². The van der Waals surface area contributed by atoms with Crippen LogP contribution in [0.5, 0.6) is 5.75 Å². The van der Waals surface area contributed by atoms with Crippen LogP contribution >= 0.6 is 0 Å². The molecule has 4 aromatic rings. The molecule has 0 spiro atoms. The Kier molecular flexibility index (Phi) is 6.98. The van der Waals surface area contributed by atoms with Gasteiger partial charge in [0.25, 0.3) is 11.8 Å². The lowest BCUT2D eigenvalue weighted by Crippen LogP contribution is -2.36. The summed E-state index contributed by atoms with van der Waals surface area (Å²) in [6.45, 7) is 6.95. The van der Waals surface area contributed by atoms with Gasteiger partial charge < -0.3 is 15.3 Å². The van der Waals surface area contributed by atoms with Crippen molar-refractivity contribution in [1.82, 2.24) is 9.97 Å². The van der Waals surface area contributed by atoms with Crippen LogP contribution in [0.3, 0.4) is 0 Å². The number of imidazole rings is 1. The molecular formula is C28H28F2N4O3. The molecule has 0 saturated carbocycles. The van der Waals surface area contributed by atoms with Crippen LogP contribution in [0.25, 0.3) is 22.6 Å². The smallest absolute Gasteiger partial charge is 0.309 e. The Morgan fingerprint density at radius 3 is 2.46 bits per heavy atom. The predicted octanol–water partition coefficient (Wildman–Crippen LogP) is 6.07. The average Bonchev–Trinajstić information content (AvgIpc) is 3.17. The zero-order valence-electron chi connectivity index (χ0n) is 21.3. The number of hydrogen-bond donors (Lipinski definition) is 2. The van der Waals surface area contributed by atoms with Crippen LogP contribution in [0, 0.1) is 26.0 Å². The number of rotatable bonds is 7. The molecule has 0 unspecified atom stereocenters. The minimum Gasteiger partial charge on any atom is -0.710 e. The molecule has 7 nitrogen and oxygen atoms in total. The number of methoxy groups -OCH3 is 1. The van der Waals surface area contributed by atoms with Crippen molar-refractivity contribution in [3.8, 4) is 28.4 Å². The van der Waals surface area contributed by atoms with E-state index in [1.165, 1.54) is 37.4 Å². The van der Waals surface area contributed by atoms with Crippen LogP contribution in [-0.2, 0) is 5.92 Å². The average molecular weight is 507 g/mol. The Labute approximate surface area is 213 Å². The number of carbonyl (C=O) groups excluding carboxylic acids is 1. The fourth-order valence-corrected chi connectivity index (χ4v) is 4.37. The number of ether oxygens (including phenoxy) is 1. The zero-order chi connectivity index (χ0) is 26.9. The van der Waals surface area contributed by atoms with Crippen LogP contribution in [0.4, 0.5) is 14.5 Å². The van der Waals surface area contributed by atoms with Crippen LogP contribution in [0.2, 0.25) is 0 Å². The third-order valence-corrected chi connectivity index (χ3v) is 6.35. The molecule has 0 saturated heterocycles. The van der Waals surface area contributed by atoms with Gasteiger partial charge in [-0.1, -0.05) is 37.3 Å². The number of aromatic nitrogens is 3. The topological polar surface area (TPSA) is 94.0 Å². The van der Waals surface area contributed by atoms with Crippen molar-refractivity contribution in [3.05, 3.63) is 88.0 Å². The summed E-state index contributed by atoms with van der Waals surface area (Å²) in [5.74, 6) is -3.13. The number of H-pyrrole nitrogens is 1. The van der Waals surface area contributed by atoms with Gasteiger partial charge in [-0.05, 0) is 48.7 Å². The first-order chi connectivity index (χ1) is 17.6. The Balaban J connectivity index is 1.72. The number of aromatic amines is 1. The summed E-state index contributed by atoms with van der Waals surface area (Å²) in [5.41, 5.74) is 4.18. The monoisotopic (exact) mass is 506 g/mol. The van der Waals surface area contributed by atoms with E-state index in [9.17, 15) is 18.8 Å². The molecule has 192 valence electrons. The quantitative estimate of drug-likeness (QED) is 0.235. The number of nitrogens with one attached hydrogen (secondary N) is 2. The second-order valence-electron chi connectivity index (χ2n) is 8.87. The molecule has 4 rings (SSSR count). The normalized spacial score (nSPS) is 11.4. The second kappa shape index (κ2) is 10.0. The van der Waals surface area contributed by atoms with E-state index in [0.717, 1.165) is 22.3 Å². The Bertz CT molecular complexity index is 1460. The van der Waals surface area contributed by atoms with Gasteiger partial charge in [0.1, 0.15) is 5.75 Å². The molecular weight excluding hydrogens is 478 g/mol. The molecule has 2 aromatic carbocycles. The highest BCUT2D eigenvalue weighted by Gasteiger charge is 2.30. The van der Waals surface area contributed by atoms with E-state index in [-0.39, 0.29) is 29.2 Å². The number of alkyl halides is 2. The van der Waals surface area contributed by atoms with Crippen molar-refractivity contribution in [2.75, 3.05) is 12.4 Å². The number of aryl methyl sites for hydroxylation is 3. The number of nitrogens with zero attached hydrogens (tertiary/aromatic N) is 2. The highest BCUT2D eigenvalue weighted by molar-refractivity contribution is 6.02. The van der Waals surface area contributed by atoms with Crippen molar-refractivity contribution >= 4 is 11.6 Å². The third kappa shape index (κ3) is 4.89. The standard InChI is InChI=1S/C28H28F2N4O3/c1-6-28(29,30)19-11-8-12-20(13-19)33-27(35)25-18(4)32-26(34(25)36)22-14-21(23(37-5)15-31-22)24-16(2)9-7-10-17(24)3/h7-15,32H,6H2,1-5H3,(H,33,35). The number of amides is 1. The molecule has 2 N–H and O–H groups in total. The van der Waals surface area contributed by atoms with Gasteiger partial charge in [-0.3, -0.25) is 4.79 Å².